The fraction of sp³-hybridized carbons (Fsp3) is 0.625. The maximum absolute atomic E-state index is 5.81. The number of rotatable bonds is 3. The van der Waals surface area contributed by atoms with Crippen molar-refractivity contribution >= 4 is 0 Å². The maximum atomic E-state index is 5.81. The molecule has 1 heterocycles. The van der Waals surface area contributed by atoms with Crippen LogP contribution in [-0.2, 0) is 0 Å². The van der Waals surface area contributed by atoms with Gasteiger partial charge in [0.2, 0.25) is 0 Å². The highest BCUT2D eigenvalue weighted by Crippen LogP contribution is 2.18. The van der Waals surface area contributed by atoms with Crippen LogP contribution in [0.3, 0.4) is 0 Å². The summed E-state index contributed by atoms with van der Waals surface area (Å²) < 4.78 is 5.81. The van der Waals surface area contributed by atoms with Crippen molar-refractivity contribution in [2.24, 2.45) is 11.8 Å². The lowest BCUT2D eigenvalue weighted by Gasteiger charge is -2.27. The number of ether oxygens (including phenoxy) is 1. The van der Waals surface area contributed by atoms with Gasteiger partial charge in [-0.25, -0.2) is 0 Å². The molecule has 1 aliphatic heterocycles. The zero-order valence-corrected chi connectivity index (χ0v) is 12.2. The fourth-order valence-corrected chi connectivity index (χ4v) is 2.25. The van der Waals surface area contributed by atoms with Crippen LogP contribution in [-0.4, -0.2) is 19.7 Å². The highest BCUT2D eigenvalue weighted by Gasteiger charge is 2.18. The second kappa shape index (κ2) is 8.15. The van der Waals surface area contributed by atoms with Crippen LogP contribution in [0.5, 0.6) is 5.75 Å². The third-order valence-corrected chi connectivity index (χ3v) is 3.17. The van der Waals surface area contributed by atoms with E-state index < -0.39 is 0 Å². The van der Waals surface area contributed by atoms with Crippen molar-refractivity contribution in [2.45, 2.75) is 34.1 Å². The summed E-state index contributed by atoms with van der Waals surface area (Å²) in [7, 11) is 0. The van der Waals surface area contributed by atoms with Crippen LogP contribution in [0.1, 0.15) is 32.8 Å². The fourth-order valence-electron chi connectivity index (χ4n) is 2.25. The highest BCUT2D eigenvalue weighted by atomic mass is 16.5. The van der Waals surface area contributed by atoms with E-state index in [1.54, 1.807) is 0 Å². The Morgan fingerprint density at radius 2 is 1.83 bits per heavy atom. The average Bonchev–Trinajstić information content (AvgIpc) is 2.41. The Hall–Kier alpha value is -1.02. The lowest BCUT2D eigenvalue weighted by atomic mass is 9.92. The molecule has 0 aliphatic carbocycles. The molecule has 2 unspecified atom stereocenters. The summed E-state index contributed by atoms with van der Waals surface area (Å²) in [5.41, 5.74) is 1.28. The summed E-state index contributed by atoms with van der Waals surface area (Å²) in [6, 6.07) is 8.29. The molecular formula is C16H27NO. The van der Waals surface area contributed by atoms with Gasteiger partial charge in [0, 0.05) is 12.5 Å². The Balaban J connectivity index is 0.000000771. The van der Waals surface area contributed by atoms with E-state index in [0.29, 0.717) is 5.92 Å². The Morgan fingerprint density at radius 1 is 1.17 bits per heavy atom. The van der Waals surface area contributed by atoms with Crippen LogP contribution in [0.4, 0.5) is 0 Å². The molecule has 0 aromatic heterocycles. The molecule has 2 rings (SSSR count). The van der Waals surface area contributed by atoms with Gasteiger partial charge >= 0.3 is 0 Å². The minimum Gasteiger partial charge on any atom is -0.493 e. The highest BCUT2D eigenvalue weighted by molar-refractivity contribution is 5.26. The number of benzene rings is 1. The molecule has 0 amide bonds. The first-order valence-electron chi connectivity index (χ1n) is 7.14. The van der Waals surface area contributed by atoms with Crippen LogP contribution >= 0.6 is 0 Å². The quantitative estimate of drug-likeness (QED) is 0.883. The predicted molar refractivity (Wildman–Crippen MR) is 78.2 cm³/mol. The van der Waals surface area contributed by atoms with Crippen molar-refractivity contribution in [2.75, 3.05) is 19.7 Å². The summed E-state index contributed by atoms with van der Waals surface area (Å²) >= 11 is 0. The largest absolute Gasteiger partial charge is 0.493 e. The molecule has 1 aromatic carbocycles. The van der Waals surface area contributed by atoms with E-state index >= 15 is 0 Å². The van der Waals surface area contributed by atoms with Gasteiger partial charge < -0.3 is 10.1 Å². The van der Waals surface area contributed by atoms with Gasteiger partial charge in [0.15, 0.2) is 0 Å². The van der Waals surface area contributed by atoms with Gasteiger partial charge in [0.05, 0.1) is 6.61 Å². The Bertz CT molecular complexity index is 320. The summed E-state index contributed by atoms with van der Waals surface area (Å²) in [6.45, 7) is 11.5. The minimum absolute atomic E-state index is 0.657. The molecule has 1 saturated heterocycles. The van der Waals surface area contributed by atoms with Crippen LogP contribution in [0.15, 0.2) is 24.3 Å². The average molecular weight is 249 g/mol. The number of piperidine rings is 1. The smallest absolute Gasteiger partial charge is 0.119 e. The molecule has 2 nitrogen and oxygen atoms in total. The number of hydrogen-bond donors (Lipinski definition) is 1. The monoisotopic (exact) mass is 249 g/mol. The SMILES string of the molecule is CC.Cc1ccc(OCC2CNCC(C)C2)cc1. The Labute approximate surface area is 112 Å². The molecule has 0 saturated carbocycles. The predicted octanol–water partition coefficient (Wildman–Crippen LogP) is 3.65. The van der Waals surface area contributed by atoms with E-state index in [1.807, 2.05) is 13.8 Å². The van der Waals surface area contributed by atoms with Gasteiger partial charge in [-0.3, -0.25) is 0 Å². The van der Waals surface area contributed by atoms with Crippen LogP contribution in [0.25, 0.3) is 0 Å². The number of hydrogen-bond acceptors (Lipinski definition) is 2. The normalized spacial score (nSPS) is 22.9. The molecule has 2 heteroatoms. The Kier molecular flexibility index (Phi) is 6.81. The molecule has 1 fully saturated rings. The summed E-state index contributed by atoms with van der Waals surface area (Å²) in [6.07, 6.45) is 1.28. The lowest BCUT2D eigenvalue weighted by molar-refractivity contribution is 0.194. The third kappa shape index (κ3) is 5.09. The van der Waals surface area contributed by atoms with Crippen molar-refractivity contribution in [3.8, 4) is 5.75 Å². The van der Waals surface area contributed by atoms with Crippen LogP contribution in [0.2, 0.25) is 0 Å². The number of nitrogens with one attached hydrogen (secondary N) is 1. The maximum Gasteiger partial charge on any atom is 0.119 e. The van der Waals surface area contributed by atoms with Crippen molar-refractivity contribution in [1.29, 1.82) is 0 Å². The molecule has 18 heavy (non-hydrogen) atoms. The van der Waals surface area contributed by atoms with E-state index in [4.69, 9.17) is 4.74 Å². The first-order valence-corrected chi connectivity index (χ1v) is 7.14. The standard InChI is InChI=1S/C14H21NO.C2H6/c1-11-3-5-14(6-4-11)16-10-13-7-12(2)8-15-9-13;1-2/h3-6,12-13,15H,7-10H2,1-2H3;1-2H3. The molecule has 0 spiro atoms. The van der Waals surface area contributed by atoms with Crippen molar-refractivity contribution < 1.29 is 4.74 Å². The van der Waals surface area contributed by atoms with Crippen molar-refractivity contribution in [3.05, 3.63) is 29.8 Å². The van der Waals surface area contributed by atoms with E-state index in [1.165, 1.54) is 12.0 Å². The molecule has 0 bridgehead atoms. The van der Waals surface area contributed by atoms with Crippen molar-refractivity contribution in [1.82, 2.24) is 5.32 Å². The van der Waals surface area contributed by atoms with Gasteiger partial charge in [0.1, 0.15) is 5.75 Å². The summed E-state index contributed by atoms with van der Waals surface area (Å²) in [4.78, 5) is 0. The molecule has 1 N–H and O–H groups in total. The summed E-state index contributed by atoms with van der Waals surface area (Å²) in [5, 5.41) is 3.45. The first kappa shape index (κ1) is 15.0. The van der Waals surface area contributed by atoms with Crippen LogP contribution in [0, 0.1) is 18.8 Å². The van der Waals surface area contributed by atoms with E-state index in [9.17, 15) is 0 Å². The first-order chi connectivity index (χ1) is 8.74. The van der Waals surface area contributed by atoms with Gasteiger partial charge in [-0.15, -0.1) is 0 Å². The van der Waals surface area contributed by atoms with Crippen molar-refractivity contribution in [3.63, 3.8) is 0 Å². The lowest BCUT2D eigenvalue weighted by Crippen LogP contribution is -2.37. The second-order valence-corrected chi connectivity index (χ2v) is 4.99. The minimum atomic E-state index is 0.657. The van der Waals surface area contributed by atoms with Gasteiger partial charge in [0.25, 0.3) is 0 Å². The van der Waals surface area contributed by atoms with E-state index in [0.717, 1.165) is 31.4 Å². The van der Waals surface area contributed by atoms with Gasteiger partial charge in [-0.05, 0) is 37.9 Å². The van der Waals surface area contributed by atoms with Crippen LogP contribution < -0.4 is 10.1 Å². The molecule has 2 atom stereocenters. The zero-order valence-electron chi connectivity index (χ0n) is 12.2. The van der Waals surface area contributed by atoms with Gasteiger partial charge in [-0.2, -0.15) is 0 Å². The second-order valence-electron chi connectivity index (χ2n) is 4.99. The third-order valence-electron chi connectivity index (χ3n) is 3.17. The molecule has 1 aromatic rings. The molecular weight excluding hydrogens is 222 g/mol. The van der Waals surface area contributed by atoms with E-state index in [-0.39, 0.29) is 0 Å². The zero-order chi connectivity index (χ0) is 13.4. The Morgan fingerprint density at radius 3 is 2.44 bits per heavy atom. The van der Waals surface area contributed by atoms with E-state index in [2.05, 4.69) is 43.4 Å². The number of aryl methyl sites for hydroxylation is 1. The molecule has 0 radical (unpaired) electrons. The topological polar surface area (TPSA) is 21.3 Å². The molecule has 1 aliphatic rings. The van der Waals surface area contributed by atoms with Gasteiger partial charge in [-0.1, -0.05) is 38.5 Å². The molecule has 102 valence electrons. The summed E-state index contributed by atoms with van der Waals surface area (Å²) in [5.74, 6) is 2.43.